The summed E-state index contributed by atoms with van der Waals surface area (Å²) in [6.07, 6.45) is 1.27. The van der Waals surface area contributed by atoms with Gasteiger partial charge < -0.3 is 15.0 Å². The van der Waals surface area contributed by atoms with Gasteiger partial charge in [-0.25, -0.2) is 4.79 Å². The van der Waals surface area contributed by atoms with Crippen molar-refractivity contribution in [3.8, 4) is 0 Å². The van der Waals surface area contributed by atoms with Crippen molar-refractivity contribution in [1.82, 2.24) is 15.5 Å². The van der Waals surface area contributed by atoms with Crippen LogP contribution in [0.2, 0.25) is 5.15 Å². The normalized spacial score (nSPS) is 16.0. The molecular weight excluding hydrogens is 420 g/mol. The standard InChI is InChI=1S/C18H22BrClN4O2/c1-18(2,3)26-17(25)21-11-7-9-24(10-8-11)16-12-5-4-6-13(19)14(12)15(20)22-23-16/h4-6,11H,7-10H2,1-3H3,(H,21,25). The first kappa shape index (κ1) is 19.2. The zero-order valence-corrected chi connectivity index (χ0v) is 17.4. The molecule has 0 atom stereocenters. The van der Waals surface area contributed by atoms with Crippen LogP contribution in [-0.4, -0.2) is 41.0 Å². The number of rotatable bonds is 2. The third kappa shape index (κ3) is 4.38. The first-order chi connectivity index (χ1) is 12.2. The maximum absolute atomic E-state index is 11.9. The zero-order chi connectivity index (χ0) is 18.9. The molecule has 0 bridgehead atoms. The molecule has 1 aliphatic heterocycles. The van der Waals surface area contributed by atoms with Gasteiger partial charge in [-0.3, -0.25) is 0 Å². The SMILES string of the molecule is CC(C)(C)OC(=O)NC1CCN(c2nnc(Cl)c3c(Br)cccc23)CC1. The number of piperidine rings is 1. The highest BCUT2D eigenvalue weighted by molar-refractivity contribution is 9.10. The topological polar surface area (TPSA) is 67.3 Å². The lowest BCUT2D eigenvalue weighted by molar-refractivity contribution is 0.0497. The third-order valence-corrected chi connectivity index (χ3v) is 5.13. The van der Waals surface area contributed by atoms with E-state index >= 15 is 0 Å². The molecule has 1 fully saturated rings. The van der Waals surface area contributed by atoms with Gasteiger partial charge in [0.25, 0.3) is 0 Å². The number of hydrogen-bond donors (Lipinski definition) is 1. The van der Waals surface area contributed by atoms with Crippen LogP contribution in [0, 0.1) is 0 Å². The van der Waals surface area contributed by atoms with E-state index in [0.717, 1.165) is 47.0 Å². The van der Waals surface area contributed by atoms with E-state index in [9.17, 15) is 4.79 Å². The van der Waals surface area contributed by atoms with Gasteiger partial charge in [-0.15, -0.1) is 10.2 Å². The van der Waals surface area contributed by atoms with Crippen molar-refractivity contribution in [3.63, 3.8) is 0 Å². The Kier molecular flexibility index (Phi) is 5.58. The number of alkyl carbamates (subject to hydrolysis) is 1. The van der Waals surface area contributed by atoms with Gasteiger partial charge in [0.1, 0.15) is 5.60 Å². The summed E-state index contributed by atoms with van der Waals surface area (Å²) < 4.78 is 6.23. The van der Waals surface area contributed by atoms with Crippen LogP contribution < -0.4 is 10.2 Å². The van der Waals surface area contributed by atoms with Gasteiger partial charge in [-0.2, -0.15) is 0 Å². The van der Waals surface area contributed by atoms with Gasteiger partial charge in [0, 0.05) is 34.4 Å². The van der Waals surface area contributed by atoms with E-state index in [1.54, 1.807) is 0 Å². The number of carbonyl (C=O) groups excluding carboxylic acids is 1. The molecule has 0 aliphatic carbocycles. The Hall–Kier alpha value is -1.60. The minimum atomic E-state index is -0.490. The molecular formula is C18H22BrClN4O2. The summed E-state index contributed by atoms with van der Waals surface area (Å²) in [5.41, 5.74) is -0.490. The quantitative estimate of drug-likeness (QED) is 0.741. The molecule has 2 aromatic rings. The number of anilines is 1. The summed E-state index contributed by atoms with van der Waals surface area (Å²) in [6.45, 7) is 7.13. The molecule has 1 aromatic heterocycles. The van der Waals surface area contributed by atoms with Crippen molar-refractivity contribution in [3.05, 3.63) is 27.8 Å². The first-order valence-electron chi connectivity index (χ1n) is 8.59. The minimum Gasteiger partial charge on any atom is -0.444 e. The monoisotopic (exact) mass is 440 g/mol. The predicted molar refractivity (Wildman–Crippen MR) is 107 cm³/mol. The Morgan fingerprint density at radius 2 is 2.00 bits per heavy atom. The fourth-order valence-corrected chi connectivity index (χ4v) is 3.97. The molecule has 26 heavy (non-hydrogen) atoms. The van der Waals surface area contributed by atoms with Gasteiger partial charge in [-0.1, -0.05) is 39.7 Å². The lowest BCUT2D eigenvalue weighted by Crippen LogP contribution is -2.46. The minimum absolute atomic E-state index is 0.0966. The molecule has 2 heterocycles. The Labute approximate surface area is 166 Å². The van der Waals surface area contributed by atoms with Crippen LogP contribution in [0.25, 0.3) is 10.8 Å². The average Bonchev–Trinajstić information content (AvgIpc) is 2.54. The molecule has 3 rings (SSSR count). The number of carbonyl (C=O) groups is 1. The van der Waals surface area contributed by atoms with Crippen LogP contribution in [0.5, 0.6) is 0 Å². The van der Waals surface area contributed by atoms with E-state index < -0.39 is 5.60 Å². The molecule has 0 radical (unpaired) electrons. The molecule has 8 heteroatoms. The first-order valence-corrected chi connectivity index (χ1v) is 9.76. The molecule has 0 saturated carbocycles. The number of amides is 1. The van der Waals surface area contributed by atoms with Crippen LogP contribution in [0.4, 0.5) is 10.6 Å². The number of nitrogens with one attached hydrogen (secondary N) is 1. The smallest absolute Gasteiger partial charge is 0.407 e. The summed E-state index contributed by atoms with van der Waals surface area (Å²) >= 11 is 9.76. The number of nitrogens with zero attached hydrogens (tertiary/aromatic N) is 3. The third-order valence-electron chi connectivity index (χ3n) is 4.21. The van der Waals surface area contributed by atoms with Gasteiger partial charge in [0.15, 0.2) is 11.0 Å². The Bertz CT molecular complexity index is 808. The van der Waals surface area contributed by atoms with Crippen molar-refractivity contribution < 1.29 is 9.53 Å². The highest BCUT2D eigenvalue weighted by Gasteiger charge is 2.25. The summed E-state index contributed by atoms with van der Waals surface area (Å²) in [7, 11) is 0. The molecule has 0 spiro atoms. The number of aromatic nitrogens is 2. The summed E-state index contributed by atoms with van der Waals surface area (Å²) in [6, 6.07) is 6.00. The molecule has 1 saturated heterocycles. The van der Waals surface area contributed by atoms with Crippen LogP contribution in [0.1, 0.15) is 33.6 Å². The van der Waals surface area contributed by atoms with E-state index in [-0.39, 0.29) is 12.1 Å². The average molecular weight is 442 g/mol. The number of hydrogen-bond acceptors (Lipinski definition) is 5. The van der Waals surface area contributed by atoms with Crippen molar-refractivity contribution in [2.45, 2.75) is 45.3 Å². The Balaban J connectivity index is 1.69. The van der Waals surface area contributed by atoms with Crippen LogP contribution >= 0.6 is 27.5 Å². The molecule has 1 amide bonds. The molecule has 1 N–H and O–H groups in total. The predicted octanol–water partition coefficient (Wildman–Crippen LogP) is 4.54. The molecule has 1 aliphatic rings. The second-order valence-corrected chi connectivity index (χ2v) is 8.60. The lowest BCUT2D eigenvalue weighted by Gasteiger charge is -2.33. The molecule has 6 nitrogen and oxygen atoms in total. The van der Waals surface area contributed by atoms with Gasteiger partial charge in [0.05, 0.1) is 0 Å². The highest BCUT2D eigenvalue weighted by atomic mass is 79.9. The van der Waals surface area contributed by atoms with Crippen molar-refractivity contribution >= 4 is 50.2 Å². The fourth-order valence-electron chi connectivity index (χ4n) is 3.06. The molecule has 0 unspecified atom stereocenters. The number of ether oxygens (including phenoxy) is 1. The van der Waals surface area contributed by atoms with Gasteiger partial charge in [-0.05, 0) is 39.7 Å². The van der Waals surface area contributed by atoms with Crippen LogP contribution in [-0.2, 0) is 4.74 Å². The molecule has 140 valence electrons. The summed E-state index contributed by atoms with van der Waals surface area (Å²) in [5.74, 6) is 0.821. The maximum Gasteiger partial charge on any atom is 0.407 e. The largest absolute Gasteiger partial charge is 0.444 e. The van der Waals surface area contributed by atoms with Crippen molar-refractivity contribution in [1.29, 1.82) is 0 Å². The number of halogens is 2. The summed E-state index contributed by atoms with van der Waals surface area (Å²) in [5, 5.41) is 13.6. The van der Waals surface area contributed by atoms with E-state index in [1.165, 1.54) is 0 Å². The fraction of sp³-hybridized carbons (Fsp3) is 0.500. The maximum atomic E-state index is 11.9. The Morgan fingerprint density at radius 3 is 2.65 bits per heavy atom. The summed E-state index contributed by atoms with van der Waals surface area (Å²) in [4.78, 5) is 14.1. The highest BCUT2D eigenvalue weighted by Crippen LogP contribution is 2.34. The molecule has 1 aromatic carbocycles. The van der Waals surface area contributed by atoms with E-state index in [2.05, 4.69) is 36.3 Å². The van der Waals surface area contributed by atoms with Gasteiger partial charge in [0.2, 0.25) is 0 Å². The second-order valence-electron chi connectivity index (χ2n) is 7.38. The van der Waals surface area contributed by atoms with Crippen molar-refractivity contribution in [2.75, 3.05) is 18.0 Å². The second kappa shape index (κ2) is 7.56. The van der Waals surface area contributed by atoms with E-state index in [4.69, 9.17) is 16.3 Å². The lowest BCUT2D eigenvalue weighted by atomic mass is 10.0. The number of fused-ring (bicyclic) bond motifs is 1. The van der Waals surface area contributed by atoms with Crippen LogP contribution in [0.15, 0.2) is 22.7 Å². The van der Waals surface area contributed by atoms with Crippen LogP contribution in [0.3, 0.4) is 0 Å². The Morgan fingerprint density at radius 1 is 1.31 bits per heavy atom. The number of benzene rings is 1. The van der Waals surface area contributed by atoms with Gasteiger partial charge >= 0.3 is 6.09 Å². The van der Waals surface area contributed by atoms with Crippen molar-refractivity contribution in [2.24, 2.45) is 0 Å². The van der Waals surface area contributed by atoms with E-state index in [1.807, 2.05) is 39.0 Å². The van der Waals surface area contributed by atoms with E-state index in [0.29, 0.717) is 5.15 Å². The zero-order valence-electron chi connectivity index (χ0n) is 15.1.